The SMILES string of the molecule is CCCCCCCc1cnc(-c2ccc(OCC(F)CCCCCC)c(F)c2F)nc1. The molecule has 172 valence electrons. The van der Waals surface area contributed by atoms with Gasteiger partial charge in [-0.05, 0) is 37.0 Å². The van der Waals surface area contributed by atoms with E-state index in [1.807, 2.05) is 0 Å². The van der Waals surface area contributed by atoms with Crippen molar-refractivity contribution in [2.75, 3.05) is 6.61 Å². The third-order valence-corrected chi connectivity index (χ3v) is 5.35. The Bertz CT molecular complexity index is 768. The lowest BCUT2D eigenvalue weighted by molar-refractivity contribution is 0.177. The number of ether oxygens (including phenoxy) is 1. The summed E-state index contributed by atoms with van der Waals surface area (Å²) in [5.41, 5.74) is 0.949. The molecule has 2 aromatic rings. The molecular formula is C25H35F3N2O. The highest BCUT2D eigenvalue weighted by atomic mass is 19.2. The number of hydrogen-bond donors (Lipinski definition) is 0. The summed E-state index contributed by atoms with van der Waals surface area (Å²) in [4.78, 5) is 8.40. The van der Waals surface area contributed by atoms with E-state index in [-0.39, 0.29) is 23.7 Å². The van der Waals surface area contributed by atoms with Gasteiger partial charge in [0.1, 0.15) is 12.8 Å². The Morgan fingerprint density at radius 2 is 1.48 bits per heavy atom. The first kappa shape index (κ1) is 25.2. The van der Waals surface area contributed by atoms with Crippen LogP contribution in [0.4, 0.5) is 13.2 Å². The number of halogens is 3. The first-order chi connectivity index (χ1) is 15.1. The molecule has 0 bridgehead atoms. The van der Waals surface area contributed by atoms with E-state index in [1.165, 1.54) is 31.4 Å². The molecule has 1 unspecified atom stereocenters. The van der Waals surface area contributed by atoms with Crippen LogP contribution in [0.25, 0.3) is 11.4 Å². The minimum atomic E-state index is -1.20. The highest BCUT2D eigenvalue weighted by Gasteiger charge is 2.18. The van der Waals surface area contributed by atoms with Crippen LogP contribution in [0.2, 0.25) is 0 Å². The molecule has 0 amide bonds. The van der Waals surface area contributed by atoms with Crippen molar-refractivity contribution in [2.45, 2.75) is 90.6 Å². The van der Waals surface area contributed by atoms with Crippen LogP contribution in [0, 0.1) is 11.6 Å². The Morgan fingerprint density at radius 1 is 0.839 bits per heavy atom. The summed E-state index contributed by atoms with van der Waals surface area (Å²) in [5, 5.41) is 0. The van der Waals surface area contributed by atoms with E-state index in [0.29, 0.717) is 6.42 Å². The quantitative estimate of drug-likeness (QED) is 0.269. The van der Waals surface area contributed by atoms with Crippen LogP contribution in [-0.2, 0) is 6.42 Å². The predicted molar refractivity (Wildman–Crippen MR) is 119 cm³/mol. The number of benzene rings is 1. The zero-order chi connectivity index (χ0) is 22.5. The van der Waals surface area contributed by atoms with Gasteiger partial charge in [-0.1, -0.05) is 65.2 Å². The molecule has 0 fully saturated rings. The van der Waals surface area contributed by atoms with E-state index >= 15 is 0 Å². The fourth-order valence-electron chi connectivity index (χ4n) is 3.43. The highest BCUT2D eigenvalue weighted by molar-refractivity contribution is 5.57. The van der Waals surface area contributed by atoms with Crippen LogP contribution in [0.5, 0.6) is 5.75 Å². The molecular weight excluding hydrogens is 401 g/mol. The maximum atomic E-state index is 14.6. The maximum Gasteiger partial charge on any atom is 0.201 e. The van der Waals surface area contributed by atoms with E-state index in [4.69, 9.17) is 4.74 Å². The smallest absolute Gasteiger partial charge is 0.201 e. The Hall–Kier alpha value is -2.11. The number of nitrogens with zero attached hydrogens (tertiary/aromatic N) is 2. The van der Waals surface area contributed by atoms with Crippen molar-refractivity contribution >= 4 is 0 Å². The van der Waals surface area contributed by atoms with Crippen molar-refractivity contribution in [3.63, 3.8) is 0 Å². The predicted octanol–water partition coefficient (Wildman–Crippen LogP) is 7.62. The molecule has 0 saturated carbocycles. The summed E-state index contributed by atoms with van der Waals surface area (Å²) in [7, 11) is 0. The first-order valence-electron chi connectivity index (χ1n) is 11.6. The number of alkyl halides is 1. The van der Waals surface area contributed by atoms with Crippen LogP contribution in [0.1, 0.15) is 83.6 Å². The molecule has 0 aliphatic carbocycles. The Morgan fingerprint density at radius 3 is 2.16 bits per heavy atom. The molecule has 1 heterocycles. The van der Waals surface area contributed by atoms with Crippen LogP contribution >= 0.6 is 0 Å². The lowest BCUT2D eigenvalue weighted by atomic mass is 10.1. The monoisotopic (exact) mass is 436 g/mol. The summed E-state index contributed by atoms with van der Waals surface area (Å²) in [6.45, 7) is 3.98. The van der Waals surface area contributed by atoms with Gasteiger partial charge in [0.2, 0.25) is 5.82 Å². The molecule has 0 spiro atoms. The van der Waals surface area contributed by atoms with E-state index < -0.39 is 17.8 Å². The van der Waals surface area contributed by atoms with Gasteiger partial charge >= 0.3 is 0 Å². The molecule has 1 atom stereocenters. The second-order valence-electron chi connectivity index (χ2n) is 8.08. The fraction of sp³-hybridized carbons (Fsp3) is 0.600. The lowest BCUT2D eigenvalue weighted by Crippen LogP contribution is -2.14. The van der Waals surface area contributed by atoms with Gasteiger partial charge in [-0.15, -0.1) is 0 Å². The average Bonchev–Trinajstić information content (AvgIpc) is 2.78. The zero-order valence-electron chi connectivity index (χ0n) is 18.8. The van der Waals surface area contributed by atoms with Gasteiger partial charge in [0, 0.05) is 12.4 Å². The second kappa shape index (κ2) is 14.0. The normalized spacial score (nSPS) is 12.2. The van der Waals surface area contributed by atoms with E-state index in [1.54, 1.807) is 12.4 Å². The van der Waals surface area contributed by atoms with Crippen LogP contribution in [-0.4, -0.2) is 22.7 Å². The maximum absolute atomic E-state index is 14.6. The third-order valence-electron chi connectivity index (χ3n) is 5.35. The van der Waals surface area contributed by atoms with Crippen molar-refractivity contribution in [1.29, 1.82) is 0 Å². The highest BCUT2D eigenvalue weighted by Crippen LogP contribution is 2.28. The summed E-state index contributed by atoms with van der Waals surface area (Å²) in [6.07, 6.45) is 13.1. The Balaban J connectivity index is 1.91. The Kier molecular flexibility index (Phi) is 11.4. The lowest BCUT2D eigenvalue weighted by Gasteiger charge is -2.12. The fourth-order valence-corrected chi connectivity index (χ4v) is 3.43. The van der Waals surface area contributed by atoms with E-state index in [9.17, 15) is 13.2 Å². The largest absolute Gasteiger partial charge is 0.487 e. The van der Waals surface area contributed by atoms with Gasteiger partial charge in [0.25, 0.3) is 0 Å². The minimum absolute atomic E-state index is 0.0318. The summed E-state index contributed by atoms with van der Waals surface area (Å²) >= 11 is 0. The summed E-state index contributed by atoms with van der Waals surface area (Å²) in [6, 6.07) is 2.69. The van der Waals surface area contributed by atoms with Gasteiger partial charge in [0.05, 0.1) is 5.56 Å². The zero-order valence-corrected chi connectivity index (χ0v) is 18.8. The molecule has 2 rings (SSSR count). The molecule has 6 heteroatoms. The first-order valence-corrected chi connectivity index (χ1v) is 11.6. The number of aromatic nitrogens is 2. The van der Waals surface area contributed by atoms with Gasteiger partial charge in [-0.25, -0.2) is 18.7 Å². The van der Waals surface area contributed by atoms with Crippen molar-refractivity contribution in [1.82, 2.24) is 9.97 Å². The minimum Gasteiger partial charge on any atom is -0.487 e. The van der Waals surface area contributed by atoms with Crippen molar-refractivity contribution in [3.05, 3.63) is 41.7 Å². The number of rotatable bonds is 15. The van der Waals surface area contributed by atoms with Gasteiger partial charge in [-0.2, -0.15) is 4.39 Å². The standard InChI is InChI=1S/C25H35F3N2O/c1-3-5-7-9-10-12-19-16-29-25(30-17-19)21-14-15-22(24(28)23(21)27)31-18-20(26)13-11-8-6-4-2/h14-17,20H,3-13,18H2,1-2H3. The summed E-state index contributed by atoms with van der Waals surface area (Å²) in [5.74, 6) is -2.39. The number of hydrogen-bond acceptors (Lipinski definition) is 3. The third kappa shape index (κ3) is 8.50. The molecule has 0 N–H and O–H groups in total. The molecule has 0 aliphatic heterocycles. The summed E-state index contributed by atoms with van der Waals surface area (Å²) < 4.78 is 48.1. The van der Waals surface area contributed by atoms with Crippen molar-refractivity contribution in [3.8, 4) is 17.1 Å². The molecule has 31 heavy (non-hydrogen) atoms. The van der Waals surface area contributed by atoms with E-state index in [2.05, 4.69) is 23.8 Å². The number of aryl methyl sites for hydroxylation is 1. The topological polar surface area (TPSA) is 35.0 Å². The van der Waals surface area contributed by atoms with Gasteiger partial charge in [0.15, 0.2) is 17.4 Å². The van der Waals surface area contributed by atoms with Gasteiger partial charge in [-0.3, -0.25) is 0 Å². The van der Waals surface area contributed by atoms with Gasteiger partial charge < -0.3 is 4.74 Å². The van der Waals surface area contributed by atoms with Crippen LogP contribution in [0.15, 0.2) is 24.5 Å². The molecule has 0 radical (unpaired) electrons. The molecule has 0 aliphatic rings. The van der Waals surface area contributed by atoms with Crippen LogP contribution < -0.4 is 4.74 Å². The second-order valence-corrected chi connectivity index (χ2v) is 8.08. The van der Waals surface area contributed by atoms with Crippen molar-refractivity contribution < 1.29 is 17.9 Å². The number of unbranched alkanes of at least 4 members (excludes halogenated alkanes) is 7. The molecule has 3 nitrogen and oxygen atoms in total. The molecule has 0 saturated heterocycles. The average molecular weight is 437 g/mol. The van der Waals surface area contributed by atoms with Crippen molar-refractivity contribution in [2.24, 2.45) is 0 Å². The van der Waals surface area contributed by atoms with Crippen LogP contribution in [0.3, 0.4) is 0 Å². The van der Waals surface area contributed by atoms with E-state index in [0.717, 1.165) is 50.5 Å². The molecule has 1 aromatic carbocycles. The molecule has 1 aromatic heterocycles. The Labute approximate surface area is 184 Å².